The molecule has 2 saturated heterocycles. The summed E-state index contributed by atoms with van der Waals surface area (Å²) >= 11 is 6.07. The summed E-state index contributed by atoms with van der Waals surface area (Å²) < 4.78 is 11.6. The summed E-state index contributed by atoms with van der Waals surface area (Å²) in [5.74, 6) is 1.62. The van der Waals surface area contributed by atoms with E-state index in [9.17, 15) is 0 Å². The third-order valence-corrected chi connectivity index (χ3v) is 6.26. The standard InChI is InChI=1S/C24H28ClN5O2/c1-15-14-31-11-10-30(15)23-20-8-9-21(18-4-6-19(25)7-5-18)26-22(20)27-24(28-23)29-12-16(2)32-17(3)13-29/h4-9,15-17H,10-14H2,1-3H3/t15-,16-,17+/m0/s1. The largest absolute Gasteiger partial charge is 0.377 e. The van der Waals surface area contributed by atoms with Gasteiger partial charge in [-0.25, -0.2) is 4.98 Å². The molecule has 0 unspecified atom stereocenters. The Morgan fingerprint density at radius 1 is 0.938 bits per heavy atom. The van der Waals surface area contributed by atoms with Crippen molar-refractivity contribution in [2.24, 2.45) is 0 Å². The van der Waals surface area contributed by atoms with E-state index in [0.29, 0.717) is 29.8 Å². The van der Waals surface area contributed by atoms with Crippen molar-refractivity contribution in [3.63, 3.8) is 0 Å². The molecule has 3 atom stereocenters. The number of fused-ring (bicyclic) bond motifs is 1. The summed E-state index contributed by atoms with van der Waals surface area (Å²) in [6.45, 7) is 10.0. The molecule has 0 spiro atoms. The van der Waals surface area contributed by atoms with Crippen LogP contribution in [0.1, 0.15) is 20.8 Å². The average molecular weight is 454 g/mol. The molecule has 0 N–H and O–H groups in total. The number of nitrogens with zero attached hydrogens (tertiary/aromatic N) is 5. The lowest BCUT2D eigenvalue weighted by Gasteiger charge is -2.37. The third-order valence-electron chi connectivity index (χ3n) is 6.01. The Kier molecular flexibility index (Phi) is 5.88. The van der Waals surface area contributed by atoms with Crippen LogP contribution in [0.3, 0.4) is 0 Å². The van der Waals surface area contributed by atoms with E-state index in [4.69, 9.17) is 36.0 Å². The maximum atomic E-state index is 6.07. The van der Waals surface area contributed by atoms with Crippen LogP contribution in [0.2, 0.25) is 5.02 Å². The summed E-state index contributed by atoms with van der Waals surface area (Å²) in [6.07, 6.45) is 0.245. The van der Waals surface area contributed by atoms with Crippen LogP contribution >= 0.6 is 11.6 Å². The number of rotatable bonds is 3. The molecule has 168 valence electrons. The van der Waals surface area contributed by atoms with Crippen LogP contribution in [-0.2, 0) is 9.47 Å². The number of anilines is 2. The zero-order chi connectivity index (χ0) is 22.2. The maximum absolute atomic E-state index is 6.07. The lowest BCUT2D eigenvalue weighted by molar-refractivity contribution is -0.00570. The summed E-state index contributed by atoms with van der Waals surface area (Å²) in [5, 5.41) is 1.66. The van der Waals surface area contributed by atoms with Crippen LogP contribution in [0.5, 0.6) is 0 Å². The molecule has 1 aromatic carbocycles. The molecule has 7 nitrogen and oxygen atoms in total. The molecular formula is C24H28ClN5O2. The van der Waals surface area contributed by atoms with Crippen LogP contribution in [0.25, 0.3) is 22.3 Å². The van der Waals surface area contributed by atoms with Gasteiger partial charge in [0, 0.05) is 30.2 Å². The summed E-state index contributed by atoms with van der Waals surface area (Å²) in [7, 11) is 0. The second kappa shape index (κ2) is 8.81. The van der Waals surface area contributed by atoms with Gasteiger partial charge in [0.1, 0.15) is 5.82 Å². The molecule has 0 amide bonds. The minimum Gasteiger partial charge on any atom is -0.377 e. The molecule has 5 rings (SSSR count). The van der Waals surface area contributed by atoms with Gasteiger partial charge < -0.3 is 19.3 Å². The van der Waals surface area contributed by atoms with Gasteiger partial charge in [0.2, 0.25) is 5.95 Å². The van der Waals surface area contributed by atoms with Crippen LogP contribution < -0.4 is 9.80 Å². The average Bonchev–Trinajstić information content (AvgIpc) is 2.78. The van der Waals surface area contributed by atoms with Crippen LogP contribution in [0, 0.1) is 0 Å². The second-order valence-corrected chi connectivity index (χ2v) is 9.14. The lowest BCUT2D eigenvalue weighted by Crippen LogP contribution is -2.47. The number of morpholine rings is 2. The first-order chi connectivity index (χ1) is 15.5. The van der Waals surface area contributed by atoms with Gasteiger partial charge in [0.05, 0.1) is 42.5 Å². The fraction of sp³-hybridized carbons (Fsp3) is 0.458. The van der Waals surface area contributed by atoms with Crippen molar-refractivity contribution in [2.45, 2.75) is 39.0 Å². The third kappa shape index (κ3) is 4.25. The molecule has 4 heterocycles. The molecule has 2 aromatic heterocycles. The van der Waals surface area contributed by atoms with Gasteiger partial charge in [-0.2, -0.15) is 9.97 Å². The molecule has 32 heavy (non-hydrogen) atoms. The molecule has 3 aromatic rings. The number of hydrogen-bond acceptors (Lipinski definition) is 7. The summed E-state index contributed by atoms with van der Waals surface area (Å²) in [5.41, 5.74) is 2.57. The number of benzene rings is 1. The van der Waals surface area contributed by atoms with Gasteiger partial charge in [0.25, 0.3) is 0 Å². The molecule has 0 bridgehead atoms. The molecule has 8 heteroatoms. The Hall–Kier alpha value is -2.48. The van der Waals surface area contributed by atoms with E-state index in [0.717, 1.165) is 42.1 Å². The van der Waals surface area contributed by atoms with Crippen molar-refractivity contribution in [3.8, 4) is 11.3 Å². The van der Waals surface area contributed by atoms with Gasteiger partial charge >= 0.3 is 0 Å². The monoisotopic (exact) mass is 453 g/mol. The van der Waals surface area contributed by atoms with Crippen molar-refractivity contribution in [3.05, 3.63) is 41.4 Å². The Balaban J connectivity index is 1.63. The maximum Gasteiger partial charge on any atom is 0.229 e. The Morgan fingerprint density at radius 3 is 2.41 bits per heavy atom. The summed E-state index contributed by atoms with van der Waals surface area (Å²) in [6, 6.07) is 12.1. The second-order valence-electron chi connectivity index (χ2n) is 8.70. The summed E-state index contributed by atoms with van der Waals surface area (Å²) in [4.78, 5) is 19.4. The van der Waals surface area contributed by atoms with Crippen LogP contribution in [-0.4, -0.2) is 66.0 Å². The fourth-order valence-corrected chi connectivity index (χ4v) is 4.63. The highest BCUT2D eigenvalue weighted by molar-refractivity contribution is 6.30. The van der Waals surface area contributed by atoms with Gasteiger partial charge in [-0.1, -0.05) is 23.7 Å². The normalized spacial score (nSPS) is 24.2. The van der Waals surface area contributed by atoms with E-state index in [1.807, 2.05) is 30.3 Å². The Bertz CT molecular complexity index is 1100. The van der Waals surface area contributed by atoms with Crippen molar-refractivity contribution in [2.75, 3.05) is 42.6 Å². The minimum atomic E-state index is 0.122. The fourth-order valence-electron chi connectivity index (χ4n) is 4.51. The van der Waals surface area contributed by atoms with Crippen molar-refractivity contribution in [1.29, 1.82) is 0 Å². The van der Waals surface area contributed by atoms with E-state index in [1.54, 1.807) is 0 Å². The van der Waals surface area contributed by atoms with Crippen LogP contribution in [0.4, 0.5) is 11.8 Å². The van der Waals surface area contributed by atoms with Crippen molar-refractivity contribution < 1.29 is 9.47 Å². The quantitative estimate of drug-likeness (QED) is 0.589. The number of pyridine rings is 1. The Labute approximate surface area is 193 Å². The predicted octanol–water partition coefficient (Wildman–Crippen LogP) is 4.18. The van der Waals surface area contributed by atoms with E-state index in [1.165, 1.54) is 0 Å². The highest BCUT2D eigenvalue weighted by Crippen LogP contribution is 2.31. The van der Waals surface area contributed by atoms with Gasteiger partial charge in [0.15, 0.2) is 5.65 Å². The molecule has 0 radical (unpaired) electrons. The Morgan fingerprint density at radius 2 is 1.69 bits per heavy atom. The van der Waals surface area contributed by atoms with Gasteiger partial charge in [-0.15, -0.1) is 0 Å². The first kappa shape index (κ1) is 21.4. The number of halogens is 1. The number of hydrogen-bond donors (Lipinski definition) is 0. The van der Waals surface area contributed by atoms with E-state index in [-0.39, 0.29) is 18.2 Å². The first-order valence-corrected chi connectivity index (χ1v) is 11.6. The molecule has 2 fully saturated rings. The first-order valence-electron chi connectivity index (χ1n) is 11.2. The zero-order valence-electron chi connectivity index (χ0n) is 18.7. The van der Waals surface area contributed by atoms with E-state index in [2.05, 4.69) is 36.6 Å². The number of ether oxygens (including phenoxy) is 2. The van der Waals surface area contributed by atoms with E-state index < -0.39 is 0 Å². The highest BCUT2D eigenvalue weighted by Gasteiger charge is 2.28. The topological polar surface area (TPSA) is 63.6 Å². The smallest absolute Gasteiger partial charge is 0.229 e. The van der Waals surface area contributed by atoms with Gasteiger partial charge in [-0.05, 0) is 45.0 Å². The molecule has 2 aliphatic heterocycles. The van der Waals surface area contributed by atoms with Crippen LogP contribution in [0.15, 0.2) is 36.4 Å². The molecule has 2 aliphatic rings. The van der Waals surface area contributed by atoms with Crippen molar-refractivity contribution in [1.82, 2.24) is 15.0 Å². The molecule has 0 saturated carbocycles. The SMILES string of the molecule is C[C@@H]1CN(c2nc(N3CCOC[C@@H]3C)c3ccc(-c4ccc(Cl)cc4)nc3n2)C[C@H](C)O1. The number of aromatic nitrogens is 3. The lowest BCUT2D eigenvalue weighted by atomic mass is 10.1. The predicted molar refractivity (Wildman–Crippen MR) is 128 cm³/mol. The van der Waals surface area contributed by atoms with E-state index >= 15 is 0 Å². The molecular weight excluding hydrogens is 426 g/mol. The molecule has 0 aliphatic carbocycles. The highest BCUT2D eigenvalue weighted by atomic mass is 35.5. The minimum absolute atomic E-state index is 0.122. The van der Waals surface area contributed by atoms with Gasteiger partial charge in [-0.3, -0.25) is 0 Å². The zero-order valence-corrected chi connectivity index (χ0v) is 19.4. The van der Waals surface area contributed by atoms with Crippen molar-refractivity contribution >= 4 is 34.4 Å².